The second-order valence-electron chi connectivity index (χ2n) is 17.9. The summed E-state index contributed by atoms with van der Waals surface area (Å²) in [5, 5.41) is 0. The van der Waals surface area contributed by atoms with Gasteiger partial charge in [-0.3, -0.25) is 0 Å². The lowest BCUT2D eigenvalue weighted by molar-refractivity contribution is -0.117. The average molecular weight is 575 g/mol. The van der Waals surface area contributed by atoms with E-state index in [4.69, 9.17) is 9.31 Å². The fraction of sp³-hybridized carbons (Fsp3) is 0.846. The highest BCUT2D eigenvalue weighted by molar-refractivity contribution is 6.62. The molecule has 5 aliphatic rings. The van der Waals surface area contributed by atoms with Crippen LogP contribution in [-0.4, -0.2) is 18.3 Å². The molecule has 1 aromatic rings. The van der Waals surface area contributed by atoms with E-state index in [9.17, 15) is 0 Å². The first-order valence-corrected chi connectivity index (χ1v) is 18.2. The average Bonchev–Trinajstić information content (AvgIpc) is 3.39. The zero-order chi connectivity index (χ0) is 30.1. The molecule has 1 heterocycles. The van der Waals surface area contributed by atoms with E-state index in [0.29, 0.717) is 16.7 Å². The van der Waals surface area contributed by atoms with Crippen molar-refractivity contribution in [3.63, 3.8) is 0 Å². The summed E-state index contributed by atoms with van der Waals surface area (Å²) in [5.41, 5.74) is 3.30. The highest BCUT2D eigenvalue weighted by Crippen LogP contribution is 2.69. The van der Waals surface area contributed by atoms with Gasteiger partial charge in [-0.05, 0) is 155 Å². The third-order valence-electron chi connectivity index (χ3n) is 14.8. The van der Waals surface area contributed by atoms with E-state index in [0.717, 1.165) is 46.9 Å². The number of hydrogen-bond donors (Lipinski definition) is 0. The van der Waals surface area contributed by atoms with Gasteiger partial charge in [-0.15, -0.1) is 0 Å². The minimum Gasteiger partial charge on any atom is -0.399 e. The molecule has 4 saturated carbocycles. The molecule has 0 radical (unpaired) electrons. The fourth-order valence-corrected chi connectivity index (χ4v) is 11.5. The van der Waals surface area contributed by atoms with Crippen LogP contribution >= 0.6 is 0 Å². The van der Waals surface area contributed by atoms with E-state index < -0.39 is 0 Å². The zero-order valence-electron chi connectivity index (χ0n) is 28.8. The summed E-state index contributed by atoms with van der Waals surface area (Å²) in [6, 6.07) is 9.35. The molecule has 2 unspecified atom stereocenters. The Morgan fingerprint density at radius 1 is 0.738 bits per heavy atom. The van der Waals surface area contributed by atoms with Crippen LogP contribution in [0.25, 0.3) is 0 Å². The van der Waals surface area contributed by atoms with Crippen LogP contribution in [0.3, 0.4) is 0 Å². The quantitative estimate of drug-likeness (QED) is 0.302. The van der Waals surface area contributed by atoms with Crippen molar-refractivity contribution in [1.82, 2.24) is 0 Å². The van der Waals surface area contributed by atoms with Gasteiger partial charge >= 0.3 is 7.12 Å². The van der Waals surface area contributed by atoms with Crippen LogP contribution in [0.4, 0.5) is 0 Å². The molecule has 42 heavy (non-hydrogen) atoms. The Morgan fingerprint density at radius 2 is 1.38 bits per heavy atom. The molecular formula is C39H63BO2. The van der Waals surface area contributed by atoms with Crippen molar-refractivity contribution in [3.8, 4) is 0 Å². The predicted octanol–water partition coefficient (Wildman–Crippen LogP) is 10.2. The number of benzene rings is 1. The van der Waals surface area contributed by atoms with Gasteiger partial charge in [0.05, 0.1) is 11.2 Å². The van der Waals surface area contributed by atoms with Gasteiger partial charge in [0.15, 0.2) is 0 Å². The van der Waals surface area contributed by atoms with E-state index in [1.165, 1.54) is 77.0 Å². The summed E-state index contributed by atoms with van der Waals surface area (Å²) in [5.74, 6) is 7.30. The van der Waals surface area contributed by atoms with E-state index in [-0.39, 0.29) is 18.3 Å². The van der Waals surface area contributed by atoms with E-state index in [1.807, 2.05) is 0 Å². The Labute approximate surface area is 260 Å². The monoisotopic (exact) mass is 574 g/mol. The Balaban J connectivity index is 1.09. The largest absolute Gasteiger partial charge is 0.494 e. The third-order valence-corrected chi connectivity index (χ3v) is 14.8. The Morgan fingerprint density at radius 3 is 2.05 bits per heavy atom. The summed E-state index contributed by atoms with van der Waals surface area (Å²) >= 11 is 0. The van der Waals surface area contributed by atoms with Gasteiger partial charge in [0.2, 0.25) is 0 Å². The van der Waals surface area contributed by atoms with Gasteiger partial charge in [0.25, 0.3) is 0 Å². The standard InChI is InChI=1S/C39H63BO2/c1-26(2)11-10-12-27(3)33-19-20-34-32-18-15-30-25-29(21-23-38(30,8)35(32)22-24-39(33,34)9)28-13-16-31(17-14-28)40-41-36(4,5)37(6,7)42-40/h13-14,16-17,26-27,29-30,32-35H,10-12,15,18-25H2,1-9H3/t27-,29?,30+,32+,33?,34+,35+,38+,39-/m1/s1. The molecule has 0 N–H and O–H groups in total. The lowest BCUT2D eigenvalue weighted by Crippen LogP contribution is -2.53. The first kappa shape index (κ1) is 31.2. The van der Waals surface area contributed by atoms with Crippen LogP contribution in [0.5, 0.6) is 0 Å². The summed E-state index contributed by atoms with van der Waals surface area (Å²) in [4.78, 5) is 0. The molecule has 2 nitrogen and oxygen atoms in total. The van der Waals surface area contributed by atoms with E-state index in [2.05, 4.69) is 86.6 Å². The minimum atomic E-state index is -0.287. The van der Waals surface area contributed by atoms with Crippen LogP contribution < -0.4 is 5.46 Å². The molecule has 1 saturated heterocycles. The number of fused-ring (bicyclic) bond motifs is 5. The molecular weight excluding hydrogens is 511 g/mol. The van der Waals surface area contributed by atoms with Crippen molar-refractivity contribution in [2.24, 2.45) is 52.3 Å². The van der Waals surface area contributed by atoms with E-state index >= 15 is 0 Å². The lowest BCUT2D eigenvalue weighted by Gasteiger charge is -2.61. The third kappa shape index (κ3) is 5.27. The molecule has 0 amide bonds. The lowest BCUT2D eigenvalue weighted by atomic mass is 9.43. The molecule has 1 aromatic carbocycles. The van der Waals surface area contributed by atoms with Gasteiger partial charge in [-0.1, -0.05) is 78.1 Å². The van der Waals surface area contributed by atoms with Crippen LogP contribution in [0.2, 0.25) is 0 Å². The second-order valence-corrected chi connectivity index (χ2v) is 17.9. The summed E-state index contributed by atoms with van der Waals surface area (Å²) in [6.07, 6.45) is 17.5. The van der Waals surface area contributed by atoms with Gasteiger partial charge in [0, 0.05) is 0 Å². The molecule has 6 rings (SSSR count). The number of hydrogen-bond acceptors (Lipinski definition) is 2. The maximum atomic E-state index is 6.33. The van der Waals surface area contributed by atoms with Crippen molar-refractivity contribution in [1.29, 1.82) is 0 Å². The van der Waals surface area contributed by atoms with Crippen LogP contribution in [0.1, 0.15) is 151 Å². The Hall–Kier alpha value is -0.795. The van der Waals surface area contributed by atoms with Crippen molar-refractivity contribution < 1.29 is 9.31 Å². The second kappa shape index (κ2) is 11.2. The topological polar surface area (TPSA) is 18.5 Å². The molecule has 234 valence electrons. The van der Waals surface area contributed by atoms with E-state index in [1.54, 1.807) is 5.56 Å². The smallest absolute Gasteiger partial charge is 0.399 e. The van der Waals surface area contributed by atoms with Crippen LogP contribution in [-0.2, 0) is 9.31 Å². The number of rotatable bonds is 7. The fourth-order valence-electron chi connectivity index (χ4n) is 11.5. The molecule has 3 heteroatoms. The van der Waals surface area contributed by atoms with Gasteiger partial charge < -0.3 is 9.31 Å². The SMILES string of the molecule is CC(C)CCC[C@@H](C)C1CC[C@H]2[C@@H]3CC[C@H]4CC(c5ccc(B6OC(C)(C)C(C)(C)O6)cc5)CC[C@]4(C)[C@H]3CC[C@]12C. The first-order chi connectivity index (χ1) is 19.7. The van der Waals surface area contributed by atoms with Crippen molar-refractivity contribution in [2.75, 3.05) is 0 Å². The normalized spacial score (nSPS) is 41.3. The summed E-state index contributed by atoms with van der Waals surface area (Å²) in [7, 11) is -0.260. The highest BCUT2D eigenvalue weighted by Gasteiger charge is 2.60. The van der Waals surface area contributed by atoms with Crippen molar-refractivity contribution in [2.45, 2.75) is 156 Å². The van der Waals surface area contributed by atoms with Gasteiger partial charge in [-0.25, -0.2) is 0 Å². The van der Waals surface area contributed by atoms with Crippen molar-refractivity contribution in [3.05, 3.63) is 29.8 Å². The minimum absolute atomic E-state index is 0.260. The molecule has 4 aliphatic carbocycles. The summed E-state index contributed by atoms with van der Waals surface area (Å²) < 4.78 is 12.7. The highest BCUT2D eigenvalue weighted by atomic mass is 16.7. The molecule has 0 bridgehead atoms. The predicted molar refractivity (Wildman–Crippen MR) is 178 cm³/mol. The van der Waals surface area contributed by atoms with Crippen molar-refractivity contribution >= 4 is 12.6 Å². The molecule has 9 atom stereocenters. The maximum Gasteiger partial charge on any atom is 0.494 e. The molecule has 5 fully saturated rings. The Bertz CT molecular complexity index is 1080. The Kier molecular flexibility index (Phi) is 8.34. The van der Waals surface area contributed by atoms with Crippen LogP contribution in [0.15, 0.2) is 24.3 Å². The molecule has 0 spiro atoms. The zero-order valence-corrected chi connectivity index (χ0v) is 28.8. The molecule has 1 aliphatic heterocycles. The van der Waals surface area contributed by atoms with Gasteiger partial charge in [-0.2, -0.15) is 0 Å². The molecule has 0 aromatic heterocycles. The first-order valence-electron chi connectivity index (χ1n) is 18.2. The summed E-state index contributed by atoms with van der Waals surface area (Å²) in [6.45, 7) is 21.5. The van der Waals surface area contributed by atoms with Gasteiger partial charge in [0.1, 0.15) is 0 Å². The van der Waals surface area contributed by atoms with Crippen LogP contribution in [0, 0.1) is 52.3 Å². The maximum absolute atomic E-state index is 6.33.